The van der Waals surface area contributed by atoms with E-state index in [9.17, 15) is 5.02 Å². The molecular weight excluding hydrogens is 275 g/mol. The molecule has 0 radical (unpaired) electrons. The van der Waals surface area contributed by atoms with Gasteiger partial charge in [-0.25, -0.2) is 0 Å². The van der Waals surface area contributed by atoms with Gasteiger partial charge in [-0.2, -0.15) is 0 Å². The molecule has 0 aliphatic rings. The molecule has 0 unspecified atom stereocenters. The normalized spacial score (nSPS) is 11.3. The molecule has 0 bridgehead atoms. The molecule has 0 atom stereocenters. The first-order valence-electron chi connectivity index (χ1n) is 7.22. The molecule has 2 rings (SSSR count). The van der Waals surface area contributed by atoms with Crippen molar-refractivity contribution in [1.82, 2.24) is 0 Å². The standard InChI is InChI=1S/C16H23BN2OSi/c1-17(20)19(14-7-5-13(18)6-8-14)15-9-11-16(12-10-15)21(2,3)4/h5-12,20H,18H2,1-4H3. The van der Waals surface area contributed by atoms with Crippen LogP contribution in [0.3, 0.4) is 0 Å². The second kappa shape index (κ2) is 5.95. The van der Waals surface area contributed by atoms with Gasteiger partial charge in [0.25, 0.3) is 0 Å². The summed E-state index contributed by atoms with van der Waals surface area (Å²) >= 11 is 0. The van der Waals surface area contributed by atoms with Gasteiger partial charge < -0.3 is 15.6 Å². The zero-order valence-electron chi connectivity index (χ0n) is 13.2. The predicted molar refractivity (Wildman–Crippen MR) is 96.3 cm³/mol. The number of benzene rings is 2. The molecule has 0 spiro atoms. The van der Waals surface area contributed by atoms with Gasteiger partial charge in [-0.05, 0) is 43.2 Å². The van der Waals surface area contributed by atoms with E-state index in [4.69, 9.17) is 5.73 Å². The van der Waals surface area contributed by atoms with Crippen molar-refractivity contribution in [2.75, 3.05) is 10.5 Å². The highest BCUT2D eigenvalue weighted by molar-refractivity contribution is 6.88. The van der Waals surface area contributed by atoms with Crippen LogP contribution in [0.25, 0.3) is 0 Å². The number of rotatable bonds is 4. The number of nitrogens with zero attached hydrogens (tertiary/aromatic N) is 1. The average molecular weight is 298 g/mol. The molecule has 0 heterocycles. The minimum Gasteiger partial charge on any atom is -0.432 e. The van der Waals surface area contributed by atoms with E-state index in [2.05, 4.69) is 43.9 Å². The van der Waals surface area contributed by atoms with Crippen molar-refractivity contribution in [2.24, 2.45) is 0 Å². The fourth-order valence-electron chi connectivity index (χ4n) is 2.34. The molecule has 0 aliphatic carbocycles. The van der Waals surface area contributed by atoms with Gasteiger partial charge in [0, 0.05) is 17.1 Å². The Morgan fingerprint density at radius 2 is 1.33 bits per heavy atom. The molecule has 0 aliphatic heterocycles. The Balaban J connectivity index is 2.37. The van der Waals surface area contributed by atoms with E-state index in [1.807, 2.05) is 29.1 Å². The topological polar surface area (TPSA) is 49.5 Å². The molecule has 2 aromatic rings. The number of nitrogens with two attached hydrogens (primary N) is 1. The first-order valence-corrected chi connectivity index (χ1v) is 10.7. The zero-order chi connectivity index (χ0) is 15.6. The highest BCUT2D eigenvalue weighted by atomic mass is 28.3. The van der Waals surface area contributed by atoms with Gasteiger partial charge in [-0.15, -0.1) is 0 Å². The van der Waals surface area contributed by atoms with Crippen LogP contribution in [0.15, 0.2) is 48.5 Å². The molecule has 5 heteroatoms. The maximum absolute atomic E-state index is 10.1. The van der Waals surface area contributed by atoms with Crippen molar-refractivity contribution in [1.29, 1.82) is 0 Å². The van der Waals surface area contributed by atoms with E-state index in [0.29, 0.717) is 0 Å². The maximum Gasteiger partial charge on any atom is 0.414 e. The van der Waals surface area contributed by atoms with Crippen LogP contribution in [0.4, 0.5) is 17.1 Å². The number of nitrogen functional groups attached to an aromatic ring is 1. The summed E-state index contributed by atoms with van der Waals surface area (Å²) in [7, 11) is -1.91. The van der Waals surface area contributed by atoms with E-state index < -0.39 is 15.1 Å². The summed E-state index contributed by atoms with van der Waals surface area (Å²) in [5, 5.41) is 11.5. The fourth-order valence-corrected chi connectivity index (χ4v) is 3.50. The van der Waals surface area contributed by atoms with Gasteiger partial charge in [0.2, 0.25) is 0 Å². The summed E-state index contributed by atoms with van der Waals surface area (Å²) in [5.74, 6) is 0. The van der Waals surface area contributed by atoms with Crippen molar-refractivity contribution >= 4 is 37.4 Å². The lowest BCUT2D eigenvalue weighted by molar-refractivity contribution is 0.578. The summed E-state index contributed by atoms with van der Waals surface area (Å²) in [6, 6.07) is 16.1. The molecule has 0 amide bonds. The Kier molecular flexibility index (Phi) is 4.44. The van der Waals surface area contributed by atoms with Crippen molar-refractivity contribution in [3.05, 3.63) is 48.5 Å². The molecule has 3 N–H and O–H groups in total. The minimum atomic E-state index is -1.30. The van der Waals surface area contributed by atoms with E-state index in [0.717, 1.165) is 17.1 Å². The van der Waals surface area contributed by atoms with Gasteiger partial charge in [0.05, 0.1) is 8.07 Å². The summed E-state index contributed by atoms with van der Waals surface area (Å²) in [5.41, 5.74) is 8.37. The molecular formula is C16H23BN2OSi. The van der Waals surface area contributed by atoms with Crippen LogP contribution in [0.1, 0.15) is 0 Å². The van der Waals surface area contributed by atoms with E-state index in [1.165, 1.54) is 5.19 Å². The Labute approximate surface area is 128 Å². The number of anilines is 3. The average Bonchev–Trinajstić information content (AvgIpc) is 2.40. The van der Waals surface area contributed by atoms with Gasteiger partial charge in [0.15, 0.2) is 0 Å². The van der Waals surface area contributed by atoms with Gasteiger partial charge in [-0.3, -0.25) is 0 Å². The lowest BCUT2D eigenvalue weighted by Gasteiger charge is -2.27. The smallest absolute Gasteiger partial charge is 0.414 e. The first kappa shape index (κ1) is 15.7. The summed E-state index contributed by atoms with van der Waals surface area (Å²) in [6.45, 7) is 8.75. The number of hydrogen-bond donors (Lipinski definition) is 2. The van der Waals surface area contributed by atoms with Crippen molar-refractivity contribution in [3.63, 3.8) is 0 Å². The Bertz CT molecular complexity index is 591. The summed E-state index contributed by atoms with van der Waals surface area (Å²) in [4.78, 5) is 1.90. The molecule has 2 aromatic carbocycles. The summed E-state index contributed by atoms with van der Waals surface area (Å²) < 4.78 is 0. The van der Waals surface area contributed by atoms with E-state index >= 15 is 0 Å². The second-order valence-corrected chi connectivity index (χ2v) is 11.5. The third kappa shape index (κ3) is 3.68. The molecule has 3 nitrogen and oxygen atoms in total. The van der Waals surface area contributed by atoms with Crippen molar-refractivity contribution in [2.45, 2.75) is 26.5 Å². The Morgan fingerprint density at radius 3 is 1.71 bits per heavy atom. The highest BCUT2D eigenvalue weighted by Crippen LogP contribution is 2.26. The lowest BCUT2D eigenvalue weighted by atomic mass is 9.83. The van der Waals surface area contributed by atoms with Crippen LogP contribution in [-0.4, -0.2) is 20.1 Å². The second-order valence-electron chi connectivity index (χ2n) is 6.39. The predicted octanol–water partition coefficient (Wildman–Crippen LogP) is 3.06. The van der Waals surface area contributed by atoms with E-state index in [-0.39, 0.29) is 0 Å². The molecule has 110 valence electrons. The third-order valence-corrected chi connectivity index (χ3v) is 5.62. The molecule has 21 heavy (non-hydrogen) atoms. The zero-order valence-corrected chi connectivity index (χ0v) is 14.2. The van der Waals surface area contributed by atoms with Crippen molar-refractivity contribution < 1.29 is 5.02 Å². The first-order chi connectivity index (χ1) is 9.79. The SMILES string of the molecule is CB(O)N(c1ccc(N)cc1)c1ccc([Si](C)(C)C)cc1. The van der Waals surface area contributed by atoms with Crippen LogP contribution < -0.4 is 15.7 Å². The van der Waals surface area contributed by atoms with Crippen LogP contribution in [0.5, 0.6) is 0 Å². The fraction of sp³-hybridized carbons (Fsp3) is 0.250. The highest BCUT2D eigenvalue weighted by Gasteiger charge is 2.21. The van der Waals surface area contributed by atoms with Gasteiger partial charge in [0.1, 0.15) is 0 Å². The molecule has 0 saturated heterocycles. The van der Waals surface area contributed by atoms with Gasteiger partial charge >= 0.3 is 7.05 Å². The summed E-state index contributed by atoms with van der Waals surface area (Å²) in [6.07, 6.45) is 0. The van der Waals surface area contributed by atoms with Crippen LogP contribution >= 0.6 is 0 Å². The molecule has 0 saturated carbocycles. The largest absolute Gasteiger partial charge is 0.432 e. The molecule has 0 aromatic heterocycles. The minimum absolute atomic E-state index is 0.605. The number of hydrogen-bond acceptors (Lipinski definition) is 3. The van der Waals surface area contributed by atoms with Crippen LogP contribution in [0.2, 0.25) is 26.5 Å². The quantitative estimate of drug-likeness (QED) is 0.674. The Morgan fingerprint density at radius 1 is 0.905 bits per heavy atom. The lowest BCUT2D eigenvalue weighted by Crippen LogP contribution is -2.38. The maximum atomic E-state index is 10.1. The van der Waals surface area contributed by atoms with Crippen molar-refractivity contribution in [3.8, 4) is 0 Å². The van der Waals surface area contributed by atoms with Crippen LogP contribution in [0, 0.1) is 0 Å². The van der Waals surface area contributed by atoms with E-state index in [1.54, 1.807) is 6.82 Å². The monoisotopic (exact) mass is 298 g/mol. The molecule has 0 fully saturated rings. The third-order valence-electron chi connectivity index (χ3n) is 3.56. The van der Waals surface area contributed by atoms with Crippen LogP contribution in [-0.2, 0) is 0 Å². The van der Waals surface area contributed by atoms with Gasteiger partial charge in [-0.1, -0.05) is 37.0 Å². The Hall–Kier alpha value is -1.72.